The first-order chi connectivity index (χ1) is 11.9. The van der Waals surface area contributed by atoms with Crippen molar-refractivity contribution < 1.29 is 18.7 Å². The van der Waals surface area contributed by atoms with Crippen molar-refractivity contribution in [3.63, 3.8) is 0 Å². The Morgan fingerprint density at radius 1 is 1.12 bits per heavy atom. The van der Waals surface area contributed by atoms with Crippen molar-refractivity contribution in [3.8, 4) is 11.3 Å². The molecule has 0 saturated heterocycles. The average molecular weight is 408 g/mol. The fourth-order valence-corrected chi connectivity index (χ4v) is 2.93. The number of aromatic carboxylic acids is 1. The monoisotopic (exact) mass is 407 g/mol. The predicted octanol–water partition coefficient (Wildman–Crippen LogP) is 5.98. The Kier molecular flexibility index (Phi) is 5.85. The number of halogens is 3. The zero-order valence-electron chi connectivity index (χ0n) is 13.9. The summed E-state index contributed by atoms with van der Waals surface area (Å²) in [5, 5.41) is 9.94. The number of carboxylic acid groups (broad SMARTS) is 1. The molecule has 130 valence electrons. The number of hydrogen-bond donors (Lipinski definition) is 1. The zero-order valence-corrected chi connectivity index (χ0v) is 15.5. The maximum Gasteiger partial charge on any atom is 0.336 e. The summed E-state index contributed by atoms with van der Waals surface area (Å²) in [6, 6.07) is 8.41. The SMILES string of the molecule is CC.Cc1c(-c2c(F)cccc2F)nc2ccc(Br)cc2c1C(=O)O. The van der Waals surface area contributed by atoms with E-state index in [-0.39, 0.29) is 22.4 Å². The second-order valence-electron chi connectivity index (χ2n) is 5.02. The fourth-order valence-electron chi connectivity index (χ4n) is 2.57. The van der Waals surface area contributed by atoms with Gasteiger partial charge in [0.25, 0.3) is 0 Å². The van der Waals surface area contributed by atoms with E-state index in [4.69, 9.17) is 0 Å². The van der Waals surface area contributed by atoms with Gasteiger partial charge < -0.3 is 5.11 Å². The fraction of sp³-hybridized carbons (Fsp3) is 0.158. The largest absolute Gasteiger partial charge is 0.478 e. The summed E-state index contributed by atoms with van der Waals surface area (Å²) < 4.78 is 28.8. The summed E-state index contributed by atoms with van der Waals surface area (Å²) >= 11 is 3.29. The molecule has 1 heterocycles. The maximum absolute atomic E-state index is 14.1. The number of carboxylic acids is 1. The van der Waals surface area contributed by atoms with Crippen molar-refractivity contribution in [1.82, 2.24) is 4.98 Å². The molecule has 0 unspecified atom stereocenters. The summed E-state index contributed by atoms with van der Waals surface area (Å²) in [7, 11) is 0. The third kappa shape index (κ3) is 3.54. The Bertz CT molecular complexity index is 938. The molecular formula is C19H16BrF2NO2. The summed E-state index contributed by atoms with van der Waals surface area (Å²) in [6.45, 7) is 5.50. The first-order valence-corrected chi connectivity index (χ1v) is 8.47. The molecule has 0 aliphatic heterocycles. The molecule has 0 atom stereocenters. The molecule has 25 heavy (non-hydrogen) atoms. The number of aromatic nitrogens is 1. The van der Waals surface area contributed by atoms with Gasteiger partial charge in [-0.15, -0.1) is 0 Å². The summed E-state index contributed by atoms with van der Waals surface area (Å²) in [6.07, 6.45) is 0. The molecule has 0 spiro atoms. The summed E-state index contributed by atoms with van der Waals surface area (Å²) in [5.41, 5.74) is 0.222. The number of rotatable bonds is 2. The van der Waals surface area contributed by atoms with Crippen molar-refractivity contribution in [3.05, 3.63) is 63.6 Å². The Hall–Kier alpha value is -2.34. The molecule has 0 radical (unpaired) electrons. The minimum Gasteiger partial charge on any atom is -0.478 e. The van der Waals surface area contributed by atoms with Crippen LogP contribution in [0.1, 0.15) is 29.8 Å². The van der Waals surface area contributed by atoms with Gasteiger partial charge in [0.15, 0.2) is 0 Å². The van der Waals surface area contributed by atoms with Crippen molar-refractivity contribution in [2.75, 3.05) is 0 Å². The lowest BCUT2D eigenvalue weighted by atomic mass is 9.97. The molecule has 0 amide bonds. The molecule has 0 fully saturated rings. The second kappa shape index (κ2) is 7.70. The number of fused-ring (bicyclic) bond motifs is 1. The van der Waals surface area contributed by atoms with Crippen LogP contribution in [0.3, 0.4) is 0 Å². The van der Waals surface area contributed by atoms with E-state index in [1.165, 1.54) is 13.0 Å². The number of carbonyl (C=O) groups is 1. The highest BCUT2D eigenvalue weighted by molar-refractivity contribution is 9.10. The molecule has 0 aliphatic carbocycles. The Morgan fingerprint density at radius 2 is 1.72 bits per heavy atom. The van der Waals surface area contributed by atoms with E-state index < -0.39 is 17.6 Å². The molecule has 0 aliphatic rings. The summed E-state index contributed by atoms with van der Waals surface area (Å²) in [4.78, 5) is 16.0. The van der Waals surface area contributed by atoms with Gasteiger partial charge in [-0.2, -0.15) is 0 Å². The molecule has 2 aromatic carbocycles. The van der Waals surface area contributed by atoms with Crippen molar-refractivity contribution in [2.45, 2.75) is 20.8 Å². The van der Waals surface area contributed by atoms with Crippen molar-refractivity contribution >= 4 is 32.8 Å². The number of nitrogens with zero attached hydrogens (tertiary/aromatic N) is 1. The maximum atomic E-state index is 14.1. The van der Waals surface area contributed by atoms with Gasteiger partial charge in [-0.25, -0.2) is 18.6 Å². The normalized spacial score (nSPS) is 10.3. The first kappa shape index (κ1) is 19.0. The molecule has 3 nitrogen and oxygen atoms in total. The lowest BCUT2D eigenvalue weighted by Gasteiger charge is -2.13. The zero-order chi connectivity index (χ0) is 18.7. The van der Waals surface area contributed by atoms with E-state index in [0.717, 1.165) is 12.1 Å². The van der Waals surface area contributed by atoms with E-state index in [0.29, 0.717) is 15.4 Å². The number of pyridine rings is 1. The topological polar surface area (TPSA) is 50.2 Å². The van der Waals surface area contributed by atoms with Crippen LogP contribution in [0.5, 0.6) is 0 Å². The van der Waals surface area contributed by atoms with Crippen molar-refractivity contribution in [1.29, 1.82) is 0 Å². The van der Waals surface area contributed by atoms with Gasteiger partial charge in [-0.3, -0.25) is 0 Å². The molecule has 3 rings (SSSR count). The lowest BCUT2D eigenvalue weighted by molar-refractivity contribution is 0.0698. The minimum absolute atomic E-state index is 0.00665. The van der Waals surface area contributed by atoms with Crippen LogP contribution in [-0.4, -0.2) is 16.1 Å². The molecule has 0 saturated carbocycles. The van der Waals surface area contributed by atoms with Crippen LogP contribution in [-0.2, 0) is 0 Å². The quantitative estimate of drug-likeness (QED) is 0.568. The standard InChI is InChI=1S/C17H10BrF2NO2.C2H6/c1-8-14(17(22)23)10-7-9(18)5-6-13(10)21-16(8)15-11(19)3-2-4-12(15)20;1-2/h2-7H,1H3,(H,22,23);1-2H3. The number of hydrogen-bond acceptors (Lipinski definition) is 2. The Labute approximate surface area is 152 Å². The van der Waals surface area contributed by atoms with Gasteiger partial charge in [0.2, 0.25) is 0 Å². The third-order valence-corrected chi connectivity index (χ3v) is 4.10. The van der Waals surface area contributed by atoms with E-state index in [2.05, 4.69) is 20.9 Å². The van der Waals surface area contributed by atoms with Crippen LogP contribution in [0.25, 0.3) is 22.2 Å². The van der Waals surface area contributed by atoms with Crippen LogP contribution in [0.2, 0.25) is 0 Å². The Morgan fingerprint density at radius 3 is 2.28 bits per heavy atom. The van der Waals surface area contributed by atoms with Gasteiger partial charge in [-0.05, 0) is 42.8 Å². The van der Waals surface area contributed by atoms with Gasteiger partial charge in [0.05, 0.1) is 22.3 Å². The van der Waals surface area contributed by atoms with E-state index in [1.807, 2.05) is 13.8 Å². The van der Waals surface area contributed by atoms with E-state index >= 15 is 0 Å². The molecule has 1 N–H and O–H groups in total. The predicted molar refractivity (Wildman–Crippen MR) is 97.8 cm³/mol. The molecule has 3 aromatic rings. The van der Waals surface area contributed by atoms with Gasteiger partial charge in [-0.1, -0.05) is 35.8 Å². The minimum atomic E-state index is -1.18. The van der Waals surface area contributed by atoms with Crippen LogP contribution in [0.15, 0.2) is 40.9 Å². The van der Waals surface area contributed by atoms with Gasteiger partial charge in [0.1, 0.15) is 11.6 Å². The van der Waals surface area contributed by atoms with Crippen LogP contribution in [0, 0.1) is 18.6 Å². The lowest BCUT2D eigenvalue weighted by Crippen LogP contribution is -2.06. The van der Waals surface area contributed by atoms with Gasteiger partial charge >= 0.3 is 5.97 Å². The first-order valence-electron chi connectivity index (χ1n) is 7.67. The molecule has 0 bridgehead atoms. The van der Waals surface area contributed by atoms with Crippen molar-refractivity contribution in [2.24, 2.45) is 0 Å². The van der Waals surface area contributed by atoms with E-state index in [1.54, 1.807) is 18.2 Å². The van der Waals surface area contributed by atoms with E-state index in [9.17, 15) is 18.7 Å². The average Bonchev–Trinajstić information content (AvgIpc) is 2.56. The molecule has 1 aromatic heterocycles. The van der Waals surface area contributed by atoms with Gasteiger partial charge in [0, 0.05) is 9.86 Å². The van der Waals surface area contributed by atoms with Crippen LogP contribution < -0.4 is 0 Å². The van der Waals surface area contributed by atoms with Crippen LogP contribution in [0.4, 0.5) is 8.78 Å². The molecule has 6 heteroatoms. The number of benzene rings is 2. The second-order valence-corrected chi connectivity index (χ2v) is 5.94. The smallest absolute Gasteiger partial charge is 0.336 e. The van der Waals surface area contributed by atoms with Crippen LogP contribution >= 0.6 is 15.9 Å². The molecular weight excluding hydrogens is 392 g/mol. The highest BCUT2D eigenvalue weighted by Crippen LogP contribution is 2.33. The summed E-state index contributed by atoms with van der Waals surface area (Å²) in [5.74, 6) is -2.74. The highest BCUT2D eigenvalue weighted by Gasteiger charge is 2.22. The highest BCUT2D eigenvalue weighted by atomic mass is 79.9. The third-order valence-electron chi connectivity index (χ3n) is 3.60. The Balaban J connectivity index is 0.00000109.